The van der Waals surface area contributed by atoms with Gasteiger partial charge in [-0.25, -0.2) is 18.1 Å². The van der Waals surface area contributed by atoms with Crippen LogP contribution in [0.1, 0.15) is 12.0 Å². The Morgan fingerprint density at radius 1 is 1.04 bits per heavy atom. The highest BCUT2D eigenvalue weighted by Gasteiger charge is 2.30. The summed E-state index contributed by atoms with van der Waals surface area (Å²) in [5, 5.41) is 2.83. The molecule has 0 saturated heterocycles. The number of ether oxygens (including phenoxy) is 2. The number of nitrogens with one attached hydrogen (secondary N) is 2. The zero-order chi connectivity index (χ0) is 20.8. The van der Waals surface area contributed by atoms with Gasteiger partial charge in [-0.05, 0) is 30.7 Å². The van der Waals surface area contributed by atoms with Crippen molar-refractivity contribution in [1.82, 2.24) is 9.71 Å². The van der Waals surface area contributed by atoms with E-state index >= 15 is 0 Å². The lowest BCUT2D eigenvalue weighted by atomic mass is 10.3. The fourth-order valence-corrected chi connectivity index (χ4v) is 3.33. The van der Waals surface area contributed by atoms with E-state index in [0.717, 1.165) is 12.3 Å². The molecule has 0 saturated carbocycles. The first-order valence-corrected chi connectivity index (χ1v) is 9.64. The lowest BCUT2D eigenvalue weighted by molar-refractivity contribution is -0.137. The van der Waals surface area contributed by atoms with Crippen LogP contribution in [-0.2, 0) is 16.2 Å². The van der Waals surface area contributed by atoms with Crippen molar-refractivity contribution in [2.24, 2.45) is 0 Å². The lowest BCUT2D eigenvalue weighted by Gasteiger charge is -2.11. The highest BCUT2D eigenvalue weighted by atomic mass is 32.2. The third-order valence-corrected chi connectivity index (χ3v) is 5.17. The topological polar surface area (TPSA) is 89.6 Å². The molecule has 0 bridgehead atoms. The van der Waals surface area contributed by atoms with Gasteiger partial charge in [-0.15, -0.1) is 0 Å². The Labute approximate surface area is 160 Å². The highest BCUT2D eigenvalue weighted by molar-refractivity contribution is 7.89. The van der Waals surface area contributed by atoms with E-state index in [1.54, 1.807) is 0 Å². The van der Waals surface area contributed by atoms with Crippen LogP contribution in [0.25, 0.3) is 0 Å². The van der Waals surface area contributed by atoms with Gasteiger partial charge in [0, 0.05) is 25.4 Å². The van der Waals surface area contributed by atoms with Crippen molar-refractivity contribution >= 4 is 15.8 Å². The standard InChI is InChI=1S/C17H20F3N3O4S/c1-26-14-6-5-13(10-15(14)27-2)28(24,25)23-9-3-8-21-16-7-4-12(11-22-16)17(18,19)20/h4-7,10-11,23H,3,8-9H2,1-2H3,(H,21,22). The third kappa shape index (κ3) is 5.73. The minimum Gasteiger partial charge on any atom is -0.493 e. The molecule has 0 fully saturated rings. The first-order chi connectivity index (χ1) is 13.2. The number of sulfonamides is 1. The molecule has 0 radical (unpaired) electrons. The average Bonchev–Trinajstić information content (AvgIpc) is 2.66. The van der Waals surface area contributed by atoms with Gasteiger partial charge in [-0.1, -0.05) is 0 Å². The molecule has 1 aromatic heterocycles. The maximum Gasteiger partial charge on any atom is 0.417 e. The van der Waals surface area contributed by atoms with Gasteiger partial charge in [-0.3, -0.25) is 0 Å². The van der Waals surface area contributed by atoms with Crippen LogP contribution in [0.4, 0.5) is 19.0 Å². The zero-order valence-corrected chi connectivity index (χ0v) is 16.0. The van der Waals surface area contributed by atoms with E-state index in [1.807, 2.05) is 0 Å². The summed E-state index contributed by atoms with van der Waals surface area (Å²) in [5.41, 5.74) is -0.833. The molecule has 7 nitrogen and oxygen atoms in total. The van der Waals surface area contributed by atoms with Gasteiger partial charge in [0.25, 0.3) is 0 Å². The summed E-state index contributed by atoms with van der Waals surface area (Å²) in [6.45, 7) is 0.455. The van der Waals surface area contributed by atoms with E-state index in [4.69, 9.17) is 9.47 Å². The number of pyridine rings is 1. The van der Waals surface area contributed by atoms with E-state index in [9.17, 15) is 21.6 Å². The van der Waals surface area contributed by atoms with Crippen molar-refractivity contribution in [2.45, 2.75) is 17.5 Å². The Morgan fingerprint density at radius 3 is 2.32 bits per heavy atom. The van der Waals surface area contributed by atoms with Gasteiger partial charge in [0.2, 0.25) is 10.0 Å². The summed E-state index contributed by atoms with van der Waals surface area (Å²) >= 11 is 0. The monoisotopic (exact) mass is 419 g/mol. The Morgan fingerprint density at radius 2 is 1.75 bits per heavy atom. The number of alkyl halides is 3. The maximum absolute atomic E-state index is 12.5. The minimum atomic E-state index is -4.44. The fourth-order valence-electron chi connectivity index (χ4n) is 2.24. The van der Waals surface area contributed by atoms with Gasteiger partial charge in [0.1, 0.15) is 5.82 Å². The molecule has 0 aliphatic rings. The largest absolute Gasteiger partial charge is 0.493 e. The number of nitrogens with zero attached hydrogens (tertiary/aromatic N) is 1. The molecule has 11 heteroatoms. The van der Waals surface area contributed by atoms with Crippen LogP contribution in [0, 0.1) is 0 Å². The van der Waals surface area contributed by atoms with Crippen molar-refractivity contribution in [1.29, 1.82) is 0 Å². The summed E-state index contributed by atoms with van der Waals surface area (Å²) in [6, 6.07) is 6.39. The number of rotatable bonds is 9. The second-order valence-corrected chi connectivity index (χ2v) is 7.39. The van der Waals surface area contributed by atoms with E-state index in [-0.39, 0.29) is 17.3 Å². The zero-order valence-electron chi connectivity index (χ0n) is 15.2. The molecule has 0 aliphatic heterocycles. The van der Waals surface area contributed by atoms with Crippen LogP contribution in [0.5, 0.6) is 11.5 Å². The Balaban J connectivity index is 1.84. The second kappa shape index (κ2) is 9.11. The molecule has 1 heterocycles. The van der Waals surface area contributed by atoms with Crippen LogP contribution in [0.3, 0.4) is 0 Å². The molecule has 1 aromatic carbocycles. The molecule has 0 unspecified atom stereocenters. The van der Waals surface area contributed by atoms with Crippen molar-refractivity contribution < 1.29 is 31.1 Å². The molecule has 0 spiro atoms. The molecule has 2 N–H and O–H groups in total. The first kappa shape index (κ1) is 21.8. The summed E-state index contributed by atoms with van der Waals surface area (Å²) in [6.07, 6.45) is -3.30. The van der Waals surface area contributed by atoms with Crippen LogP contribution in [0.15, 0.2) is 41.4 Å². The van der Waals surface area contributed by atoms with E-state index in [2.05, 4.69) is 15.0 Å². The third-order valence-electron chi connectivity index (χ3n) is 3.71. The van der Waals surface area contributed by atoms with E-state index < -0.39 is 21.8 Å². The molecule has 28 heavy (non-hydrogen) atoms. The number of hydrogen-bond donors (Lipinski definition) is 2. The number of methoxy groups -OCH3 is 2. The lowest BCUT2D eigenvalue weighted by Crippen LogP contribution is -2.26. The summed E-state index contributed by atoms with van der Waals surface area (Å²) in [4.78, 5) is 3.71. The summed E-state index contributed by atoms with van der Waals surface area (Å²) in [5.74, 6) is 0.978. The van der Waals surface area contributed by atoms with Crippen molar-refractivity contribution in [3.8, 4) is 11.5 Å². The second-order valence-electron chi connectivity index (χ2n) is 5.62. The molecule has 0 aliphatic carbocycles. The minimum absolute atomic E-state index is 0.0301. The number of aromatic nitrogens is 1. The van der Waals surface area contributed by atoms with E-state index in [1.165, 1.54) is 38.5 Å². The van der Waals surface area contributed by atoms with Crippen LogP contribution >= 0.6 is 0 Å². The van der Waals surface area contributed by atoms with Crippen molar-refractivity contribution in [3.05, 3.63) is 42.1 Å². The summed E-state index contributed by atoms with van der Waals surface area (Å²) in [7, 11) is -0.886. The molecular formula is C17H20F3N3O4S. The number of benzene rings is 1. The molecule has 2 rings (SSSR count). The molecular weight excluding hydrogens is 399 g/mol. The average molecular weight is 419 g/mol. The predicted molar refractivity (Wildman–Crippen MR) is 97.1 cm³/mol. The maximum atomic E-state index is 12.5. The molecule has 154 valence electrons. The van der Waals surface area contributed by atoms with Crippen molar-refractivity contribution in [3.63, 3.8) is 0 Å². The number of hydrogen-bond acceptors (Lipinski definition) is 6. The van der Waals surface area contributed by atoms with Gasteiger partial charge < -0.3 is 14.8 Å². The number of anilines is 1. The van der Waals surface area contributed by atoms with Gasteiger partial charge in [0.05, 0.1) is 24.7 Å². The first-order valence-electron chi connectivity index (χ1n) is 8.16. The van der Waals surface area contributed by atoms with Crippen LogP contribution < -0.4 is 19.5 Å². The Bertz CT molecular complexity index is 888. The Hall–Kier alpha value is -2.53. The SMILES string of the molecule is COc1ccc(S(=O)(=O)NCCCNc2ccc(C(F)(F)F)cn2)cc1OC. The summed E-state index contributed by atoms with van der Waals surface area (Å²) < 4.78 is 74.7. The van der Waals surface area contributed by atoms with Crippen molar-refractivity contribution in [2.75, 3.05) is 32.6 Å². The van der Waals surface area contributed by atoms with E-state index in [0.29, 0.717) is 24.5 Å². The van der Waals surface area contributed by atoms with Gasteiger partial charge in [0.15, 0.2) is 11.5 Å². The predicted octanol–water partition coefficient (Wildman–Crippen LogP) is 2.90. The van der Waals surface area contributed by atoms with Gasteiger partial charge >= 0.3 is 6.18 Å². The van der Waals surface area contributed by atoms with Crippen LogP contribution in [0.2, 0.25) is 0 Å². The van der Waals surface area contributed by atoms with Gasteiger partial charge in [-0.2, -0.15) is 13.2 Å². The smallest absolute Gasteiger partial charge is 0.417 e. The quantitative estimate of drug-likeness (QED) is 0.608. The normalized spacial score (nSPS) is 11.9. The molecule has 0 amide bonds. The van der Waals surface area contributed by atoms with Crippen LogP contribution in [-0.4, -0.2) is 40.7 Å². The number of halogens is 3. The molecule has 0 atom stereocenters. The Kier molecular flexibility index (Phi) is 7.08. The molecule has 2 aromatic rings. The fraction of sp³-hybridized carbons (Fsp3) is 0.353. The highest BCUT2D eigenvalue weighted by Crippen LogP contribution is 2.30.